The number of aromatic nitrogens is 1. The van der Waals surface area contributed by atoms with E-state index in [4.69, 9.17) is 14.6 Å². The molecule has 3 N–H and O–H groups in total. The van der Waals surface area contributed by atoms with Crippen molar-refractivity contribution < 1.29 is 29.3 Å². The molecule has 5 rings (SSSR count). The van der Waals surface area contributed by atoms with Gasteiger partial charge in [0.15, 0.2) is 6.29 Å². The second-order valence-electron chi connectivity index (χ2n) is 10.8. The van der Waals surface area contributed by atoms with E-state index in [0.717, 1.165) is 44.2 Å². The van der Waals surface area contributed by atoms with Crippen molar-refractivity contribution in [2.24, 2.45) is 5.92 Å². The molecule has 0 bridgehead atoms. The number of carbonyl (C=O) groups is 2. The van der Waals surface area contributed by atoms with E-state index in [1.165, 1.54) is 0 Å². The number of carboxylic acids is 1. The molecule has 2 heterocycles. The number of rotatable bonds is 12. The molecule has 0 saturated carbocycles. The molecule has 4 atom stereocenters. The van der Waals surface area contributed by atoms with E-state index in [1.54, 1.807) is 18.0 Å². The fraction of sp³-hybridized carbons (Fsp3) is 0.286. The van der Waals surface area contributed by atoms with Gasteiger partial charge in [-0.2, -0.15) is 0 Å². The van der Waals surface area contributed by atoms with E-state index >= 15 is 0 Å². The first kappa shape index (κ1) is 31.4. The molecule has 1 fully saturated rings. The molecule has 1 saturated heterocycles. The number of aliphatic hydroxyl groups is 1. The van der Waals surface area contributed by atoms with Crippen LogP contribution in [0.15, 0.2) is 102 Å². The zero-order valence-electron chi connectivity index (χ0n) is 24.5. The molecule has 8 nitrogen and oxygen atoms in total. The lowest BCUT2D eigenvalue weighted by molar-refractivity contribution is -0.268. The molecule has 0 unspecified atom stereocenters. The summed E-state index contributed by atoms with van der Waals surface area (Å²) >= 11 is 1.66. The minimum absolute atomic E-state index is 0.00683. The predicted octanol–water partition coefficient (Wildman–Crippen LogP) is 6.31. The number of carboxylic acid groups (broad SMARTS) is 1. The second kappa shape index (κ2) is 15.1. The van der Waals surface area contributed by atoms with Gasteiger partial charge in [-0.05, 0) is 46.0 Å². The third-order valence-corrected chi connectivity index (χ3v) is 8.69. The van der Waals surface area contributed by atoms with Gasteiger partial charge in [-0.1, -0.05) is 79.7 Å². The topological polar surface area (TPSA) is 118 Å². The summed E-state index contributed by atoms with van der Waals surface area (Å²) in [5, 5.41) is 22.0. The van der Waals surface area contributed by atoms with Gasteiger partial charge in [0.25, 0.3) is 0 Å². The number of ether oxygens (including phenoxy) is 2. The highest BCUT2D eigenvalue weighted by Gasteiger charge is 2.38. The summed E-state index contributed by atoms with van der Waals surface area (Å²) in [5.41, 5.74) is 5.74. The maximum Gasteiger partial charge on any atom is 0.303 e. The molecule has 1 aliphatic rings. The molecular formula is C35H36N2O6S. The monoisotopic (exact) mass is 612 g/mol. The van der Waals surface area contributed by atoms with Crippen molar-refractivity contribution in [3.63, 3.8) is 0 Å². The number of aliphatic hydroxyl groups excluding tert-OH is 1. The van der Waals surface area contributed by atoms with Gasteiger partial charge >= 0.3 is 5.97 Å². The highest BCUT2D eigenvalue weighted by molar-refractivity contribution is 7.99. The number of hydrogen-bond acceptors (Lipinski definition) is 7. The Bertz CT molecular complexity index is 1530. The van der Waals surface area contributed by atoms with Crippen LogP contribution in [0.25, 0.3) is 11.1 Å². The van der Waals surface area contributed by atoms with Crippen LogP contribution in [0.3, 0.4) is 0 Å². The Hall–Kier alpha value is -4.02. The normalized spacial score (nSPS) is 19.8. The number of benzene rings is 3. The largest absolute Gasteiger partial charge is 0.481 e. The second-order valence-corrected chi connectivity index (χ2v) is 11.8. The van der Waals surface area contributed by atoms with Gasteiger partial charge in [-0.25, -0.2) is 4.98 Å². The molecule has 0 spiro atoms. The van der Waals surface area contributed by atoms with E-state index in [9.17, 15) is 14.7 Å². The third kappa shape index (κ3) is 8.33. The minimum Gasteiger partial charge on any atom is -0.481 e. The lowest BCUT2D eigenvalue weighted by Crippen LogP contribution is -2.38. The van der Waals surface area contributed by atoms with Crippen LogP contribution in [0.1, 0.15) is 54.4 Å². The summed E-state index contributed by atoms with van der Waals surface area (Å²) in [6.45, 7) is 2.47. The molecule has 3 aromatic carbocycles. The van der Waals surface area contributed by atoms with Crippen LogP contribution >= 0.6 is 11.8 Å². The molecule has 4 aromatic rings. The van der Waals surface area contributed by atoms with Gasteiger partial charge in [0.05, 0.1) is 30.3 Å². The third-order valence-electron chi connectivity index (χ3n) is 7.66. The molecule has 1 aromatic heterocycles. The number of pyridine rings is 1. The van der Waals surface area contributed by atoms with Crippen molar-refractivity contribution in [1.82, 2.24) is 10.3 Å². The van der Waals surface area contributed by atoms with Gasteiger partial charge < -0.3 is 25.0 Å². The van der Waals surface area contributed by atoms with Crippen molar-refractivity contribution in [2.75, 3.05) is 5.75 Å². The van der Waals surface area contributed by atoms with Crippen molar-refractivity contribution in [1.29, 1.82) is 0 Å². The van der Waals surface area contributed by atoms with Gasteiger partial charge in [-0.15, -0.1) is 11.8 Å². The molecule has 1 amide bonds. The smallest absolute Gasteiger partial charge is 0.303 e. The quantitative estimate of drug-likeness (QED) is 0.160. The lowest BCUT2D eigenvalue weighted by atomic mass is 9.91. The fourth-order valence-corrected chi connectivity index (χ4v) is 6.14. The van der Waals surface area contributed by atoms with Crippen molar-refractivity contribution in [3.8, 4) is 11.1 Å². The van der Waals surface area contributed by atoms with E-state index in [1.807, 2.05) is 91.0 Å². The molecule has 0 aliphatic carbocycles. The number of aliphatic carboxylic acids is 1. The minimum atomic E-state index is -0.991. The van der Waals surface area contributed by atoms with Crippen LogP contribution in [0.2, 0.25) is 0 Å². The standard InChI is InChI=1S/C35H36N2O6S/c1-23-30(22-44-32-7-2-3-18-36-32)42-35(43-34(23)27-10-8-24(21-38)9-11-27)28-14-12-26(13-15-28)29-6-4-5-25(19-29)20-37-31(39)16-17-33(40)41/h2-15,18-19,23,30,34-35,38H,16-17,20-22H2,1H3,(H,37,39)(H,40,41)/t23-,30+,34+,35+/m0/s1. The fourth-order valence-electron chi connectivity index (χ4n) is 5.11. The lowest BCUT2D eigenvalue weighted by Gasteiger charge is -2.41. The summed E-state index contributed by atoms with van der Waals surface area (Å²) in [7, 11) is 0. The Balaban J connectivity index is 1.31. The first-order valence-corrected chi connectivity index (χ1v) is 15.6. The Kier molecular flexibility index (Phi) is 10.8. The number of hydrogen-bond donors (Lipinski definition) is 3. The molecule has 0 radical (unpaired) electrons. The maximum atomic E-state index is 11.9. The maximum absolute atomic E-state index is 11.9. The molecule has 9 heteroatoms. The zero-order valence-corrected chi connectivity index (χ0v) is 25.3. The summed E-state index contributed by atoms with van der Waals surface area (Å²) in [4.78, 5) is 27.1. The Morgan fingerprint density at radius 1 is 0.864 bits per heavy atom. The average molecular weight is 613 g/mol. The van der Waals surface area contributed by atoms with Gasteiger partial charge in [0, 0.05) is 36.4 Å². The highest BCUT2D eigenvalue weighted by atomic mass is 32.2. The Morgan fingerprint density at radius 2 is 1.64 bits per heavy atom. The summed E-state index contributed by atoms with van der Waals surface area (Å²) in [6.07, 6.45) is 0.706. The average Bonchev–Trinajstić information content (AvgIpc) is 3.06. The van der Waals surface area contributed by atoms with E-state index in [0.29, 0.717) is 6.54 Å². The van der Waals surface area contributed by atoms with Crippen LogP contribution in [0.4, 0.5) is 0 Å². The van der Waals surface area contributed by atoms with E-state index < -0.39 is 12.3 Å². The zero-order chi connectivity index (χ0) is 30.9. The summed E-state index contributed by atoms with van der Waals surface area (Å²) in [5.74, 6) is -0.478. The van der Waals surface area contributed by atoms with Crippen LogP contribution in [-0.2, 0) is 32.2 Å². The first-order valence-electron chi connectivity index (χ1n) is 14.6. The highest BCUT2D eigenvalue weighted by Crippen LogP contribution is 2.43. The predicted molar refractivity (Wildman–Crippen MR) is 169 cm³/mol. The molecule has 228 valence electrons. The van der Waals surface area contributed by atoms with Crippen molar-refractivity contribution >= 4 is 23.6 Å². The molecular weight excluding hydrogens is 576 g/mol. The SMILES string of the molecule is C[C@H]1[C@@H](CSc2ccccn2)O[C@@H](c2ccc(-c3cccc(CNC(=O)CCC(=O)O)c3)cc2)O[C@H]1c1ccc(CO)cc1. The summed E-state index contributed by atoms with van der Waals surface area (Å²) < 4.78 is 13.2. The van der Waals surface area contributed by atoms with Gasteiger partial charge in [0.2, 0.25) is 5.91 Å². The number of amides is 1. The number of nitrogens with zero attached hydrogens (tertiary/aromatic N) is 1. The van der Waals surface area contributed by atoms with E-state index in [2.05, 4.69) is 17.2 Å². The van der Waals surface area contributed by atoms with Crippen LogP contribution in [-0.4, -0.2) is 38.9 Å². The van der Waals surface area contributed by atoms with E-state index in [-0.39, 0.29) is 43.5 Å². The first-order chi connectivity index (χ1) is 21.4. The van der Waals surface area contributed by atoms with Gasteiger partial charge in [-0.3, -0.25) is 9.59 Å². The number of nitrogens with one attached hydrogen (secondary N) is 1. The summed E-state index contributed by atoms with van der Waals surface area (Å²) in [6, 6.07) is 29.8. The Morgan fingerprint density at radius 3 is 2.34 bits per heavy atom. The molecule has 1 aliphatic heterocycles. The van der Waals surface area contributed by atoms with Crippen molar-refractivity contribution in [3.05, 3.63) is 119 Å². The Labute approximate surface area is 261 Å². The van der Waals surface area contributed by atoms with Crippen LogP contribution in [0.5, 0.6) is 0 Å². The number of carbonyl (C=O) groups excluding carboxylic acids is 1. The van der Waals surface area contributed by atoms with Gasteiger partial charge in [0.1, 0.15) is 0 Å². The van der Waals surface area contributed by atoms with Crippen LogP contribution in [0, 0.1) is 5.92 Å². The molecule has 44 heavy (non-hydrogen) atoms. The number of thioether (sulfide) groups is 1. The van der Waals surface area contributed by atoms with Crippen molar-refractivity contribution in [2.45, 2.75) is 56.4 Å². The van der Waals surface area contributed by atoms with Crippen LogP contribution < -0.4 is 5.32 Å².